The molecular weight excluding hydrogens is 162 g/mol. The summed E-state index contributed by atoms with van der Waals surface area (Å²) in [5, 5.41) is 0. The van der Waals surface area contributed by atoms with Crippen LogP contribution in [0.2, 0.25) is 0 Å². The lowest BCUT2D eigenvalue weighted by molar-refractivity contribution is 0.894. The van der Waals surface area contributed by atoms with Gasteiger partial charge in [0.25, 0.3) is 0 Å². The molecule has 0 saturated heterocycles. The Morgan fingerprint density at radius 2 is 2.46 bits per heavy atom. The molecule has 1 aromatic heterocycles. The molecule has 1 aromatic rings. The van der Waals surface area contributed by atoms with Crippen LogP contribution in [0.3, 0.4) is 0 Å². The molecular formula is C10H13N3. The monoisotopic (exact) mass is 175 g/mol. The van der Waals surface area contributed by atoms with E-state index in [9.17, 15) is 0 Å². The maximum Gasteiger partial charge on any atom is 0.131 e. The van der Waals surface area contributed by atoms with Crippen molar-refractivity contribution in [2.45, 2.75) is 6.92 Å². The summed E-state index contributed by atoms with van der Waals surface area (Å²) >= 11 is 0. The van der Waals surface area contributed by atoms with Crippen molar-refractivity contribution in [3.63, 3.8) is 0 Å². The second-order valence-corrected chi connectivity index (χ2v) is 2.67. The van der Waals surface area contributed by atoms with Crippen molar-refractivity contribution in [2.75, 3.05) is 23.7 Å². The minimum absolute atomic E-state index is 0.562. The van der Waals surface area contributed by atoms with Gasteiger partial charge >= 0.3 is 0 Å². The van der Waals surface area contributed by atoms with Crippen LogP contribution in [0.25, 0.3) is 0 Å². The van der Waals surface area contributed by atoms with Crippen molar-refractivity contribution in [1.29, 1.82) is 0 Å². The molecule has 0 amide bonds. The molecule has 1 rings (SSSR count). The molecule has 0 spiro atoms. The van der Waals surface area contributed by atoms with E-state index in [2.05, 4.69) is 10.9 Å². The lowest BCUT2D eigenvalue weighted by Gasteiger charge is -2.18. The molecule has 68 valence electrons. The Bertz CT molecular complexity index is 314. The van der Waals surface area contributed by atoms with E-state index in [0.29, 0.717) is 12.2 Å². The van der Waals surface area contributed by atoms with Gasteiger partial charge in [0.05, 0.1) is 6.54 Å². The molecule has 2 N–H and O–H groups in total. The molecule has 0 aliphatic heterocycles. The summed E-state index contributed by atoms with van der Waals surface area (Å²) in [6, 6.07) is 3.58. The Kier molecular flexibility index (Phi) is 3.15. The fraction of sp³-hybridized carbons (Fsp3) is 0.300. The molecule has 0 bridgehead atoms. The number of nitrogen functional groups attached to an aromatic ring is 1. The van der Waals surface area contributed by atoms with E-state index in [1.165, 1.54) is 0 Å². The Balaban J connectivity index is 2.86. The van der Waals surface area contributed by atoms with E-state index >= 15 is 0 Å². The van der Waals surface area contributed by atoms with E-state index in [1.807, 2.05) is 17.9 Å². The van der Waals surface area contributed by atoms with Gasteiger partial charge in [0.1, 0.15) is 5.82 Å². The van der Waals surface area contributed by atoms with E-state index in [4.69, 9.17) is 12.2 Å². The lowest BCUT2D eigenvalue weighted by Crippen LogP contribution is -2.23. The van der Waals surface area contributed by atoms with Gasteiger partial charge < -0.3 is 10.6 Å². The molecule has 0 unspecified atom stereocenters. The number of nitrogens with two attached hydrogens (primary N) is 1. The Morgan fingerprint density at radius 3 is 3.00 bits per heavy atom. The van der Waals surface area contributed by atoms with Crippen molar-refractivity contribution in [3.8, 4) is 12.3 Å². The van der Waals surface area contributed by atoms with Gasteiger partial charge in [-0.1, -0.05) is 5.92 Å². The first-order valence-corrected chi connectivity index (χ1v) is 4.18. The molecule has 3 nitrogen and oxygen atoms in total. The highest BCUT2D eigenvalue weighted by molar-refractivity contribution is 5.50. The maximum absolute atomic E-state index is 5.63. The highest BCUT2D eigenvalue weighted by Crippen LogP contribution is 2.12. The zero-order chi connectivity index (χ0) is 9.68. The van der Waals surface area contributed by atoms with Crippen molar-refractivity contribution < 1.29 is 0 Å². The zero-order valence-electron chi connectivity index (χ0n) is 7.70. The number of pyridine rings is 1. The Labute approximate surface area is 78.6 Å². The van der Waals surface area contributed by atoms with Gasteiger partial charge in [-0.25, -0.2) is 4.98 Å². The number of rotatable bonds is 3. The van der Waals surface area contributed by atoms with Gasteiger partial charge in [0.15, 0.2) is 0 Å². The van der Waals surface area contributed by atoms with Crippen LogP contribution in [0, 0.1) is 12.3 Å². The van der Waals surface area contributed by atoms with Crippen LogP contribution in [0.4, 0.5) is 11.5 Å². The number of hydrogen-bond donors (Lipinski definition) is 1. The molecule has 0 radical (unpaired) electrons. The van der Waals surface area contributed by atoms with Gasteiger partial charge in [-0.2, -0.15) is 0 Å². The van der Waals surface area contributed by atoms with Crippen LogP contribution in [0.15, 0.2) is 18.3 Å². The van der Waals surface area contributed by atoms with Crippen molar-refractivity contribution >= 4 is 11.5 Å². The van der Waals surface area contributed by atoms with Crippen LogP contribution in [0.5, 0.6) is 0 Å². The average Bonchev–Trinajstić information content (AvgIpc) is 2.14. The van der Waals surface area contributed by atoms with Crippen LogP contribution in [-0.4, -0.2) is 18.1 Å². The standard InChI is InChI=1S/C10H13N3/c1-3-7-13(4-2)10-8-9(11)5-6-12-10/h1,5-6,8H,4,7H2,2H3,(H2,11,12). The minimum atomic E-state index is 0.562. The Hall–Kier alpha value is -1.69. The summed E-state index contributed by atoms with van der Waals surface area (Å²) in [5.74, 6) is 3.42. The summed E-state index contributed by atoms with van der Waals surface area (Å²) in [7, 11) is 0. The summed E-state index contributed by atoms with van der Waals surface area (Å²) in [6.07, 6.45) is 6.91. The third-order valence-corrected chi connectivity index (χ3v) is 1.76. The van der Waals surface area contributed by atoms with Crippen LogP contribution >= 0.6 is 0 Å². The molecule has 0 saturated carbocycles. The van der Waals surface area contributed by atoms with Crippen LogP contribution < -0.4 is 10.6 Å². The van der Waals surface area contributed by atoms with Crippen molar-refractivity contribution in [1.82, 2.24) is 4.98 Å². The maximum atomic E-state index is 5.63. The van der Waals surface area contributed by atoms with Crippen LogP contribution in [-0.2, 0) is 0 Å². The highest BCUT2D eigenvalue weighted by Gasteiger charge is 2.02. The summed E-state index contributed by atoms with van der Waals surface area (Å²) < 4.78 is 0. The summed E-state index contributed by atoms with van der Waals surface area (Å²) in [5.41, 5.74) is 6.34. The van der Waals surface area contributed by atoms with Gasteiger partial charge in [-0.05, 0) is 13.0 Å². The van der Waals surface area contributed by atoms with Gasteiger partial charge in [0, 0.05) is 24.5 Å². The zero-order valence-corrected chi connectivity index (χ0v) is 7.70. The highest BCUT2D eigenvalue weighted by atomic mass is 15.2. The number of hydrogen-bond acceptors (Lipinski definition) is 3. The van der Waals surface area contributed by atoms with E-state index in [1.54, 1.807) is 12.3 Å². The second-order valence-electron chi connectivity index (χ2n) is 2.67. The molecule has 0 atom stereocenters. The first-order chi connectivity index (χ1) is 6.27. The van der Waals surface area contributed by atoms with Crippen molar-refractivity contribution in [3.05, 3.63) is 18.3 Å². The largest absolute Gasteiger partial charge is 0.399 e. The SMILES string of the molecule is C#CCN(CC)c1cc(N)ccn1. The van der Waals surface area contributed by atoms with E-state index in [0.717, 1.165) is 12.4 Å². The van der Waals surface area contributed by atoms with E-state index in [-0.39, 0.29) is 0 Å². The predicted molar refractivity (Wildman–Crippen MR) is 55.4 cm³/mol. The first-order valence-electron chi connectivity index (χ1n) is 4.18. The van der Waals surface area contributed by atoms with Crippen molar-refractivity contribution in [2.24, 2.45) is 0 Å². The third kappa shape index (κ3) is 2.38. The molecule has 3 heteroatoms. The fourth-order valence-electron chi connectivity index (χ4n) is 1.07. The first kappa shape index (κ1) is 9.40. The normalized spacial score (nSPS) is 9.23. The average molecular weight is 175 g/mol. The van der Waals surface area contributed by atoms with Gasteiger partial charge in [-0.3, -0.25) is 0 Å². The predicted octanol–water partition coefficient (Wildman–Crippen LogP) is 1.12. The number of anilines is 2. The molecule has 0 aliphatic rings. The summed E-state index contributed by atoms with van der Waals surface area (Å²) in [4.78, 5) is 6.16. The van der Waals surface area contributed by atoms with E-state index < -0.39 is 0 Å². The number of nitrogens with zero attached hydrogens (tertiary/aromatic N) is 2. The fourth-order valence-corrected chi connectivity index (χ4v) is 1.07. The molecule has 0 fully saturated rings. The second kappa shape index (κ2) is 4.36. The lowest BCUT2D eigenvalue weighted by atomic mass is 10.3. The van der Waals surface area contributed by atoms with Gasteiger partial charge in [-0.15, -0.1) is 6.42 Å². The van der Waals surface area contributed by atoms with Gasteiger partial charge in [0.2, 0.25) is 0 Å². The summed E-state index contributed by atoms with van der Waals surface area (Å²) in [6.45, 7) is 3.43. The quantitative estimate of drug-likeness (QED) is 0.700. The number of terminal acetylenes is 1. The molecule has 13 heavy (non-hydrogen) atoms. The topological polar surface area (TPSA) is 42.1 Å². The Morgan fingerprint density at radius 1 is 1.69 bits per heavy atom. The third-order valence-electron chi connectivity index (χ3n) is 1.76. The molecule has 0 aromatic carbocycles. The smallest absolute Gasteiger partial charge is 0.131 e. The van der Waals surface area contributed by atoms with Crippen LogP contribution in [0.1, 0.15) is 6.92 Å². The molecule has 0 aliphatic carbocycles. The number of aromatic nitrogens is 1. The molecule has 1 heterocycles. The minimum Gasteiger partial charge on any atom is -0.399 e.